The van der Waals surface area contributed by atoms with Crippen molar-refractivity contribution < 1.29 is 18.3 Å². The highest BCUT2D eigenvalue weighted by Crippen LogP contribution is 2.35. The average Bonchev–Trinajstić information content (AvgIpc) is 2.03. The molecule has 0 atom stereocenters. The molecule has 0 amide bonds. The summed E-state index contributed by atoms with van der Waals surface area (Å²) in [7, 11) is -2.89. The zero-order chi connectivity index (χ0) is 11.0. The monoisotopic (exact) mass is 220 g/mol. The summed E-state index contributed by atoms with van der Waals surface area (Å²) in [6, 6.07) is 0. The Morgan fingerprint density at radius 2 is 1.71 bits per heavy atom. The zero-order valence-electron chi connectivity index (χ0n) is 8.49. The van der Waals surface area contributed by atoms with Crippen molar-refractivity contribution in [2.75, 3.05) is 11.5 Å². The van der Waals surface area contributed by atoms with Gasteiger partial charge in [0.2, 0.25) is 0 Å². The second-order valence-corrected chi connectivity index (χ2v) is 6.76. The van der Waals surface area contributed by atoms with Gasteiger partial charge in [-0.3, -0.25) is 4.79 Å². The molecule has 0 aromatic heterocycles. The third-order valence-corrected chi connectivity index (χ3v) is 4.84. The molecule has 0 unspecified atom stereocenters. The highest BCUT2D eigenvalue weighted by molar-refractivity contribution is 7.91. The Balaban J connectivity index is 2.71. The molecular formula is C9H16O4S. The van der Waals surface area contributed by atoms with Gasteiger partial charge in [-0.1, -0.05) is 0 Å². The molecular weight excluding hydrogens is 204 g/mol. The molecule has 1 saturated heterocycles. The van der Waals surface area contributed by atoms with Gasteiger partial charge in [0, 0.05) is 0 Å². The zero-order valence-corrected chi connectivity index (χ0v) is 9.30. The van der Waals surface area contributed by atoms with Crippen LogP contribution in [0, 0.1) is 11.3 Å². The Morgan fingerprint density at radius 1 is 1.29 bits per heavy atom. The Hall–Kier alpha value is -0.580. The molecule has 1 heterocycles. The predicted octanol–water partition coefficient (Wildman–Crippen LogP) is 0.922. The third-order valence-electron chi connectivity index (χ3n) is 3.13. The summed E-state index contributed by atoms with van der Waals surface area (Å²) in [5, 5.41) is 8.97. The maximum absolute atomic E-state index is 11.1. The molecule has 1 rings (SSSR count). The molecule has 0 radical (unpaired) electrons. The van der Waals surface area contributed by atoms with E-state index in [1.54, 1.807) is 13.8 Å². The summed E-state index contributed by atoms with van der Waals surface area (Å²) in [5.74, 6) is -0.603. The summed E-state index contributed by atoms with van der Waals surface area (Å²) < 4.78 is 22.3. The maximum atomic E-state index is 11.1. The van der Waals surface area contributed by atoms with E-state index >= 15 is 0 Å². The van der Waals surface area contributed by atoms with Crippen molar-refractivity contribution in [3.05, 3.63) is 0 Å². The number of carboxylic acids is 1. The van der Waals surface area contributed by atoms with Crippen molar-refractivity contribution in [1.29, 1.82) is 0 Å². The van der Waals surface area contributed by atoms with Gasteiger partial charge in [0.05, 0.1) is 16.9 Å². The molecule has 14 heavy (non-hydrogen) atoms. The quantitative estimate of drug-likeness (QED) is 0.751. The lowest BCUT2D eigenvalue weighted by Crippen LogP contribution is -2.38. The minimum Gasteiger partial charge on any atom is -0.481 e. The number of aliphatic carboxylic acids is 1. The van der Waals surface area contributed by atoms with Crippen molar-refractivity contribution >= 4 is 15.8 Å². The van der Waals surface area contributed by atoms with Crippen LogP contribution in [0.3, 0.4) is 0 Å². The first-order chi connectivity index (χ1) is 6.26. The number of hydrogen-bond donors (Lipinski definition) is 1. The predicted molar refractivity (Wildman–Crippen MR) is 52.8 cm³/mol. The van der Waals surface area contributed by atoms with Crippen LogP contribution in [0.1, 0.15) is 26.7 Å². The van der Waals surface area contributed by atoms with Crippen LogP contribution in [-0.2, 0) is 14.6 Å². The molecule has 0 aromatic rings. The number of rotatable bonds is 2. The van der Waals surface area contributed by atoms with Crippen LogP contribution >= 0.6 is 0 Å². The minimum atomic E-state index is -2.89. The van der Waals surface area contributed by atoms with Gasteiger partial charge in [-0.15, -0.1) is 0 Å². The molecule has 1 fully saturated rings. The van der Waals surface area contributed by atoms with Gasteiger partial charge in [0.15, 0.2) is 0 Å². The van der Waals surface area contributed by atoms with Gasteiger partial charge in [0.1, 0.15) is 9.84 Å². The molecule has 1 aliphatic heterocycles. The smallest absolute Gasteiger partial charge is 0.309 e. The lowest BCUT2D eigenvalue weighted by molar-refractivity contribution is -0.150. The van der Waals surface area contributed by atoms with Gasteiger partial charge in [-0.25, -0.2) is 8.42 Å². The fraction of sp³-hybridized carbons (Fsp3) is 0.889. The molecule has 1 aliphatic rings. The van der Waals surface area contributed by atoms with Gasteiger partial charge in [-0.05, 0) is 32.6 Å². The highest BCUT2D eigenvalue weighted by Gasteiger charge is 2.39. The number of sulfone groups is 1. The lowest BCUT2D eigenvalue weighted by atomic mass is 9.76. The van der Waals surface area contributed by atoms with Crippen LogP contribution in [0.25, 0.3) is 0 Å². The van der Waals surface area contributed by atoms with E-state index in [-0.39, 0.29) is 17.4 Å². The fourth-order valence-corrected chi connectivity index (χ4v) is 3.28. The minimum absolute atomic E-state index is 0.0245. The van der Waals surface area contributed by atoms with E-state index in [0.29, 0.717) is 12.8 Å². The van der Waals surface area contributed by atoms with E-state index in [0.717, 1.165) is 0 Å². The molecule has 0 spiro atoms. The van der Waals surface area contributed by atoms with Crippen LogP contribution in [0.2, 0.25) is 0 Å². The number of carbonyl (C=O) groups is 1. The SMILES string of the molecule is CC(C)(C(=O)O)C1CCS(=O)(=O)CC1. The van der Waals surface area contributed by atoms with E-state index in [2.05, 4.69) is 0 Å². The molecule has 0 aliphatic carbocycles. The van der Waals surface area contributed by atoms with Crippen LogP contribution < -0.4 is 0 Å². The first-order valence-corrected chi connectivity index (χ1v) is 6.51. The average molecular weight is 220 g/mol. The van der Waals surface area contributed by atoms with Crippen LogP contribution in [0.5, 0.6) is 0 Å². The third kappa shape index (κ3) is 2.26. The molecule has 82 valence electrons. The summed E-state index contributed by atoms with van der Waals surface area (Å²) in [5.41, 5.74) is -0.810. The van der Waals surface area contributed by atoms with E-state index < -0.39 is 21.2 Å². The second-order valence-electron chi connectivity index (χ2n) is 4.45. The van der Waals surface area contributed by atoms with Gasteiger partial charge < -0.3 is 5.11 Å². The number of hydrogen-bond acceptors (Lipinski definition) is 3. The van der Waals surface area contributed by atoms with Gasteiger partial charge >= 0.3 is 5.97 Å². The molecule has 1 N–H and O–H groups in total. The summed E-state index contributed by atoms with van der Waals surface area (Å²) in [6.45, 7) is 3.33. The van der Waals surface area contributed by atoms with Crippen molar-refractivity contribution in [3.63, 3.8) is 0 Å². The topological polar surface area (TPSA) is 71.4 Å². The summed E-state index contributed by atoms with van der Waals surface area (Å²) >= 11 is 0. The maximum Gasteiger partial charge on any atom is 0.309 e. The van der Waals surface area contributed by atoms with Crippen molar-refractivity contribution in [3.8, 4) is 0 Å². The van der Waals surface area contributed by atoms with Crippen molar-refractivity contribution in [2.45, 2.75) is 26.7 Å². The Morgan fingerprint density at radius 3 is 2.07 bits per heavy atom. The molecule has 5 heteroatoms. The summed E-state index contributed by atoms with van der Waals surface area (Å²) in [4.78, 5) is 10.9. The lowest BCUT2D eigenvalue weighted by Gasteiger charge is -2.33. The first-order valence-electron chi connectivity index (χ1n) is 4.69. The van der Waals surface area contributed by atoms with E-state index in [1.807, 2.05) is 0 Å². The molecule has 0 saturated carbocycles. The fourth-order valence-electron chi connectivity index (χ4n) is 1.79. The van der Waals surface area contributed by atoms with E-state index in [1.165, 1.54) is 0 Å². The second kappa shape index (κ2) is 3.53. The van der Waals surface area contributed by atoms with Crippen molar-refractivity contribution in [1.82, 2.24) is 0 Å². The Labute approximate surface area is 84.2 Å². The van der Waals surface area contributed by atoms with E-state index in [4.69, 9.17) is 5.11 Å². The molecule has 4 nitrogen and oxygen atoms in total. The number of carboxylic acid groups (broad SMARTS) is 1. The van der Waals surface area contributed by atoms with Gasteiger partial charge in [-0.2, -0.15) is 0 Å². The standard InChI is InChI=1S/C9H16O4S/c1-9(2,8(10)11)7-3-5-14(12,13)6-4-7/h7H,3-6H2,1-2H3,(H,10,11). The Bertz CT molecular complexity index is 315. The largest absolute Gasteiger partial charge is 0.481 e. The summed E-state index contributed by atoms with van der Waals surface area (Å²) in [6.07, 6.45) is 0.948. The molecule has 0 aromatic carbocycles. The first kappa shape index (κ1) is 11.5. The van der Waals surface area contributed by atoms with Crippen LogP contribution in [-0.4, -0.2) is 31.0 Å². The van der Waals surface area contributed by atoms with Crippen LogP contribution in [0.4, 0.5) is 0 Å². The van der Waals surface area contributed by atoms with Crippen LogP contribution in [0.15, 0.2) is 0 Å². The molecule has 0 bridgehead atoms. The van der Waals surface area contributed by atoms with Gasteiger partial charge in [0.25, 0.3) is 0 Å². The van der Waals surface area contributed by atoms with E-state index in [9.17, 15) is 13.2 Å². The normalized spacial score (nSPS) is 23.3. The highest BCUT2D eigenvalue weighted by atomic mass is 32.2. The Kier molecular flexibility index (Phi) is 2.90. The van der Waals surface area contributed by atoms with Crippen molar-refractivity contribution in [2.24, 2.45) is 11.3 Å².